The van der Waals surface area contributed by atoms with E-state index in [0.717, 1.165) is 11.0 Å². The third kappa shape index (κ3) is 6.64. The first-order valence-electron chi connectivity index (χ1n) is 10.9. The van der Waals surface area contributed by atoms with Crippen LogP contribution >= 0.6 is 27.7 Å². The highest BCUT2D eigenvalue weighted by atomic mass is 79.9. The number of imide groups is 1. The third-order valence-corrected chi connectivity index (χ3v) is 6.59. The fourth-order valence-corrected chi connectivity index (χ4v) is 4.62. The van der Waals surface area contributed by atoms with Crippen LogP contribution in [0.15, 0.2) is 76.1 Å². The zero-order valence-electron chi connectivity index (χ0n) is 19.4. The molecule has 0 radical (unpaired) electrons. The quantitative estimate of drug-likeness (QED) is 0.174. The smallest absolute Gasteiger partial charge is 0.416 e. The van der Waals surface area contributed by atoms with Crippen LogP contribution in [0.25, 0.3) is 6.08 Å². The van der Waals surface area contributed by atoms with E-state index >= 15 is 0 Å². The minimum absolute atomic E-state index is 0.0327. The van der Waals surface area contributed by atoms with Gasteiger partial charge in [-0.25, -0.2) is 0 Å². The van der Waals surface area contributed by atoms with Crippen LogP contribution in [0.4, 0.5) is 29.3 Å². The van der Waals surface area contributed by atoms with E-state index in [0.29, 0.717) is 34.1 Å². The molecule has 0 spiro atoms. The number of para-hydroxylation sites is 1. The van der Waals surface area contributed by atoms with E-state index in [4.69, 9.17) is 4.74 Å². The second-order valence-electron chi connectivity index (χ2n) is 7.90. The second-order valence-corrected chi connectivity index (χ2v) is 9.81. The van der Waals surface area contributed by atoms with Crippen molar-refractivity contribution in [2.75, 3.05) is 11.9 Å². The monoisotopic (exact) mass is 621 g/mol. The molecule has 1 N–H and O–H groups in total. The van der Waals surface area contributed by atoms with E-state index < -0.39 is 51.7 Å². The Balaban J connectivity index is 1.59. The van der Waals surface area contributed by atoms with Crippen LogP contribution in [0.3, 0.4) is 0 Å². The van der Waals surface area contributed by atoms with Gasteiger partial charge in [0.2, 0.25) is 11.7 Å². The second kappa shape index (κ2) is 11.3. The molecule has 0 unspecified atom stereocenters. The number of alkyl halides is 3. The summed E-state index contributed by atoms with van der Waals surface area (Å²) >= 11 is 3.84. The first kappa shape index (κ1) is 27.9. The Hall–Kier alpha value is -4.17. The number of hydrogen-bond donors (Lipinski definition) is 1. The average molecular weight is 622 g/mol. The number of amides is 3. The number of benzene rings is 3. The van der Waals surface area contributed by atoms with Crippen molar-refractivity contribution in [3.8, 4) is 11.5 Å². The highest BCUT2D eigenvalue weighted by molar-refractivity contribution is 9.10. The number of ether oxygens (including phenoxy) is 1. The molecule has 200 valence electrons. The predicted octanol–water partition coefficient (Wildman–Crippen LogP) is 6.84. The summed E-state index contributed by atoms with van der Waals surface area (Å²) in [5.74, 6) is -1.84. The molecule has 0 atom stereocenters. The molecular weight excluding hydrogens is 607 g/mol. The molecule has 14 heteroatoms. The molecule has 0 bridgehead atoms. The molecule has 1 aliphatic rings. The first-order valence-corrected chi connectivity index (χ1v) is 12.5. The lowest BCUT2D eigenvalue weighted by Crippen LogP contribution is -2.36. The van der Waals surface area contributed by atoms with Gasteiger partial charge in [0.05, 0.1) is 15.4 Å². The zero-order valence-corrected chi connectivity index (χ0v) is 21.8. The zero-order chi connectivity index (χ0) is 28.3. The number of thioether (sulfide) groups is 1. The maximum Gasteiger partial charge on any atom is 0.416 e. The normalized spacial score (nSPS) is 14.6. The van der Waals surface area contributed by atoms with Gasteiger partial charge >= 0.3 is 11.9 Å². The lowest BCUT2D eigenvalue weighted by Gasteiger charge is -2.13. The standard InChI is InChI=1S/C25H15BrF3N3O6S/c26-16-7-9-19(38-20-8-6-15(25(27,28)29)12-18(20)32(36)37)14(10-16)11-21-23(34)31(24(35)39-21)13-22(33)30-17-4-2-1-3-5-17/h1-12H,13H2,(H,30,33)/b21-11+. The molecule has 3 aromatic carbocycles. The van der Waals surface area contributed by atoms with Crippen molar-refractivity contribution in [1.82, 2.24) is 4.90 Å². The van der Waals surface area contributed by atoms with Gasteiger partial charge in [-0.2, -0.15) is 13.2 Å². The van der Waals surface area contributed by atoms with Crippen molar-refractivity contribution >= 4 is 62.2 Å². The van der Waals surface area contributed by atoms with Crippen LogP contribution < -0.4 is 10.1 Å². The van der Waals surface area contributed by atoms with E-state index in [2.05, 4.69) is 21.2 Å². The van der Waals surface area contributed by atoms with E-state index in [1.165, 1.54) is 24.3 Å². The van der Waals surface area contributed by atoms with Crippen LogP contribution in [0, 0.1) is 10.1 Å². The number of hydrogen-bond acceptors (Lipinski definition) is 7. The summed E-state index contributed by atoms with van der Waals surface area (Å²) < 4.78 is 45.3. The van der Waals surface area contributed by atoms with Crippen molar-refractivity contribution in [2.24, 2.45) is 0 Å². The predicted molar refractivity (Wildman–Crippen MR) is 140 cm³/mol. The molecule has 3 aromatic rings. The van der Waals surface area contributed by atoms with E-state index in [1.807, 2.05) is 0 Å². The summed E-state index contributed by atoms with van der Waals surface area (Å²) in [5, 5.41) is 13.3. The molecule has 1 aliphatic heterocycles. The molecule has 0 aliphatic carbocycles. The highest BCUT2D eigenvalue weighted by Crippen LogP contribution is 2.40. The summed E-state index contributed by atoms with van der Waals surface area (Å²) in [5.41, 5.74) is -1.46. The van der Waals surface area contributed by atoms with Gasteiger partial charge in [-0.05, 0) is 60.3 Å². The van der Waals surface area contributed by atoms with Crippen molar-refractivity contribution in [2.45, 2.75) is 6.18 Å². The maximum atomic E-state index is 13.0. The molecule has 4 rings (SSSR count). The van der Waals surface area contributed by atoms with Gasteiger partial charge in [0.25, 0.3) is 11.1 Å². The molecule has 1 heterocycles. The lowest BCUT2D eigenvalue weighted by molar-refractivity contribution is -0.385. The molecule has 1 saturated heterocycles. The van der Waals surface area contributed by atoms with Crippen LogP contribution in [0.2, 0.25) is 0 Å². The summed E-state index contributed by atoms with van der Waals surface area (Å²) in [4.78, 5) is 48.9. The highest BCUT2D eigenvalue weighted by Gasteiger charge is 2.37. The SMILES string of the molecule is O=C(CN1C(=O)S/C(=C/c2cc(Br)ccc2Oc2ccc(C(F)(F)F)cc2[N+](=O)[O-])C1=O)Nc1ccccc1. The van der Waals surface area contributed by atoms with Crippen LogP contribution in [-0.4, -0.2) is 33.4 Å². The Morgan fingerprint density at radius 1 is 1.08 bits per heavy atom. The maximum absolute atomic E-state index is 13.0. The number of halogens is 4. The topological polar surface area (TPSA) is 119 Å². The Kier molecular flexibility index (Phi) is 8.06. The van der Waals surface area contributed by atoms with Gasteiger partial charge in [-0.15, -0.1) is 0 Å². The Bertz CT molecular complexity index is 1510. The minimum Gasteiger partial charge on any atom is -0.449 e. The van der Waals surface area contributed by atoms with Crippen molar-refractivity contribution < 1.29 is 37.2 Å². The van der Waals surface area contributed by atoms with Gasteiger partial charge in [0.1, 0.15) is 12.3 Å². The van der Waals surface area contributed by atoms with Crippen molar-refractivity contribution in [1.29, 1.82) is 0 Å². The third-order valence-electron chi connectivity index (χ3n) is 5.19. The van der Waals surface area contributed by atoms with Gasteiger partial charge in [0, 0.05) is 21.8 Å². The van der Waals surface area contributed by atoms with Gasteiger partial charge in [-0.1, -0.05) is 34.1 Å². The Morgan fingerprint density at radius 3 is 2.44 bits per heavy atom. The van der Waals surface area contributed by atoms with Crippen molar-refractivity contribution in [3.63, 3.8) is 0 Å². The van der Waals surface area contributed by atoms with Gasteiger partial charge < -0.3 is 10.1 Å². The van der Waals surface area contributed by atoms with Gasteiger partial charge in [0.15, 0.2) is 0 Å². The number of carbonyl (C=O) groups is 3. The average Bonchev–Trinajstić information content (AvgIpc) is 3.12. The first-order chi connectivity index (χ1) is 18.4. The molecule has 3 amide bonds. The summed E-state index contributed by atoms with van der Waals surface area (Å²) in [7, 11) is 0. The number of anilines is 1. The fourth-order valence-electron chi connectivity index (χ4n) is 3.41. The molecule has 0 aromatic heterocycles. The summed E-state index contributed by atoms with van der Waals surface area (Å²) in [6.45, 7) is -0.531. The minimum atomic E-state index is -4.80. The van der Waals surface area contributed by atoms with E-state index in [9.17, 15) is 37.7 Å². The number of carbonyl (C=O) groups excluding carboxylic acids is 3. The number of nitro benzene ring substituents is 1. The largest absolute Gasteiger partial charge is 0.449 e. The fraction of sp³-hybridized carbons (Fsp3) is 0.0800. The van der Waals surface area contributed by atoms with Gasteiger partial charge in [-0.3, -0.25) is 29.4 Å². The number of nitrogens with zero attached hydrogens (tertiary/aromatic N) is 2. The molecular formula is C25H15BrF3N3O6S. The Labute approximate surface area is 230 Å². The van der Waals surface area contributed by atoms with E-state index in [-0.39, 0.29) is 16.2 Å². The molecule has 9 nitrogen and oxygen atoms in total. The number of nitro groups is 1. The lowest BCUT2D eigenvalue weighted by atomic mass is 10.1. The van der Waals surface area contributed by atoms with Crippen molar-refractivity contribution in [3.05, 3.63) is 97.3 Å². The molecule has 1 fully saturated rings. The summed E-state index contributed by atoms with van der Waals surface area (Å²) in [6, 6.07) is 14.7. The number of nitrogens with one attached hydrogen (secondary N) is 1. The van der Waals surface area contributed by atoms with E-state index in [1.54, 1.807) is 30.3 Å². The molecule has 39 heavy (non-hydrogen) atoms. The number of rotatable bonds is 7. The van der Waals surface area contributed by atoms with Crippen LogP contribution in [0.1, 0.15) is 11.1 Å². The summed E-state index contributed by atoms with van der Waals surface area (Å²) in [6.07, 6.45) is -3.51. The Morgan fingerprint density at radius 2 is 1.77 bits per heavy atom. The van der Waals surface area contributed by atoms with Crippen LogP contribution in [0.5, 0.6) is 11.5 Å². The molecule has 0 saturated carbocycles. The van der Waals surface area contributed by atoms with Crippen LogP contribution in [-0.2, 0) is 15.8 Å².